The number of halogens is 3. The Bertz CT molecular complexity index is 697. The Morgan fingerprint density at radius 2 is 1.50 bits per heavy atom. The molecule has 0 spiro atoms. The van der Waals surface area contributed by atoms with E-state index < -0.39 is 16.4 Å². The lowest BCUT2D eigenvalue weighted by atomic mass is 10.1. The minimum absolute atomic E-state index is 0.394. The summed E-state index contributed by atoms with van der Waals surface area (Å²) in [5, 5.41) is -3.22. The third kappa shape index (κ3) is 6.96. The molecule has 20 heavy (non-hydrogen) atoms. The van der Waals surface area contributed by atoms with Crippen LogP contribution in [0.1, 0.15) is 5.56 Å². The molecule has 0 radical (unpaired) electrons. The Balaban J connectivity index is 0.000000347. The molecule has 0 aliphatic carbocycles. The van der Waals surface area contributed by atoms with Crippen molar-refractivity contribution in [2.45, 2.75) is 6.92 Å². The van der Waals surface area contributed by atoms with Crippen LogP contribution >= 0.6 is 38.9 Å². The van der Waals surface area contributed by atoms with Crippen molar-refractivity contribution in [3.8, 4) is 11.3 Å². The van der Waals surface area contributed by atoms with Crippen LogP contribution in [0.4, 0.5) is 0 Å². The molecule has 2 aromatic rings. The van der Waals surface area contributed by atoms with Crippen LogP contribution in [-0.2, 0) is 4.57 Å². The molecule has 0 bridgehead atoms. The SMILES string of the molecule is Cc1ccc(-c2cc(=O)[nH]c(=O)[nH]2)cc1.O=P(Cl)(Cl)Cl. The van der Waals surface area contributed by atoms with Crippen molar-refractivity contribution in [3.05, 3.63) is 56.7 Å². The summed E-state index contributed by atoms with van der Waals surface area (Å²) in [6, 6.07) is 8.94. The van der Waals surface area contributed by atoms with E-state index in [4.69, 9.17) is 0 Å². The summed E-state index contributed by atoms with van der Waals surface area (Å²) in [4.78, 5) is 26.8. The van der Waals surface area contributed by atoms with Gasteiger partial charge in [-0.3, -0.25) is 14.3 Å². The van der Waals surface area contributed by atoms with E-state index in [0.29, 0.717) is 5.69 Å². The second kappa shape index (κ2) is 7.14. The van der Waals surface area contributed by atoms with Crippen molar-refractivity contribution >= 4 is 38.9 Å². The first-order chi connectivity index (χ1) is 9.15. The highest BCUT2D eigenvalue weighted by Crippen LogP contribution is 2.61. The lowest BCUT2D eigenvalue weighted by Gasteiger charge is -2.00. The predicted molar refractivity (Wildman–Crippen MR) is 83.0 cm³/mol. The molecule has 9 heteroatoms. The quantitative estimate of drug-likeness (QED) is 0.762. The van der Waals surface area contributed by atoms with Crippen LogP contribution in [0.15, 0.2) is 39.9 Å². The van der Waals surface area contributed by atoms with Gasteiger partial charge in [0.05, 0.1) is 5.69 Å². The van der Waals surface area contributed by atoms with Crippen molar-refractivity contribution in [1.29, 1.82) is 0 Å². The fourth-order valence-corrected chi connectivity index (χ4v) is 1.36. The lowest BCUT2D eigenvalue weighted by Crippen LogP contribution is -2.21. The summed E-state index contributed by atoms with van der Waals surface area (Å²) in [6.45, 7) is 1.98. The molecule has 0 aliphatic heterocycles. The van der Waals surface area contributed by atoms with Gasteiger partial charge in [0.1, 0.15) is 0 Å². The van der Waals surface area contributed by atoms with Gasteiger partial charge in [-0.25, -0.2) is 4.79 Å². The van der Waals surface area contributed by atoms with E-state index in [1.807, 2.05) is 31.2 Å². The van der Waals surface area contributed by atoms with Crippen LogP contribution < -0.4 is 11.2 Å². The Kier molecular flexibility index (Phi) is 6.08. The van der Waals surface area contributed by atoms with Crippen molar-refractivity contribution < 1.29 is 4.57 Å². The second-order valence-electron chi connectivity index (χ2n) is 3.77. The molecule has 0 saturated carbocycles. The summed E-state index contributed by atoms with van der Waals surface area (Å²) >= 11 is 13.8. The van der Waals surface area contributed by atoms with E-state index in [1.54, 1.807) is 0 Å². The Morgan fingerprint density at radius 3 is 1.95 bits per heavy atom. The highest BCUT2D eigenvalue weighted by molar-refractivity contribution is 8.24. The van der Waals surface area contributed by atoms with Gasteiger partial charge in [0.25, 0.3) is 5.56 Å². The first kappa shape index (κ1) is 17.1. The fraction of sp³-hybridized carbons (Fsp3) is 0.0909. The monoisotopic (exact) mass is 354 g/mol. The van der Waals surface area contributed by atoms with Crippen LogP contribution in [0, 0.1) is 6.92 Å². The van der Waals surface area contributed by atoms with E-state index in [0.717, 1.165) is 11.1 Å². The lowest BCUT2D eigenvalue weighted by molar-refractivity contribution is 0.600. The number of aromatic amines is 2. The summed E-state index contributed by atoms with van der Waals surface area (Å²) < 4.78 is 9.51. The first-order valence-corrected chi connectivity index (χ1v) is 9.67. The van der Waals surface area contributed by atoms with Gasteiger partial charge < -0.3 is 4.98 Å². The number of H-pyrrole nitrogens is 2. The molecule has 5 nitrogen and oxygen atoms in total. The van der Waals surface area contributed by atoms with Crippen LogP contribution in [0.5, 0.6) is 0 Å². The van der Waals surface area contributed by atoms with E-state index in [-0.39, 0.29) is 0 Å². The normalized spacial score (nSPS) is 10.6. The van der Waals surface area contributed by atoms with Crippen molar-refractivity contribution in [3.63, 3.8) is 0 Å². The van der Waals surface area contributed by atoms with Crippen LogP contribution in [-0.4, -0.2) is 9.97 Å². The first-order valence-electron chi connectivity index (χ1n) is 5.25. The molecule has 2 N–H and O–H groups in total. The van der Waals surface area contributed by atoms with Gasteiger partial charge in [-0.15, -0.1) is 0 Å². The van der Waals surface area contributed by atoms with Gasteiger partial charge in [-0.1, -0.05) is 29.8 Å². The maximum absolute atomic E-state index is 11.1. The number of hydrogen-bond donors (Lipinski definition) is 2. The average molecular weight is 356 g/mol. The highest BCUT2D eigenvalue weighted by Gasteiger charge is 2.03. The topological polar surface area (TPSA) is 82.8 Å². The summed E-state index contributed by atoms with van der Waals surface area (Å²) in [5.41, 5.74) is 1.60. The fourth-order valence-electron chi connectivity index (χ4n) is 1.36. The Hall–Kier alpha value is -1.000. The minimum Gasteiger partial charge on any atom is -0.307 e. The molecule has 0 unspecified atom stereocenters. The standard InChI is InChI=1S/C11H10N2O2.Cl3OP/c1-7-2-4-8(5-3-7)9-6-10(14)13-11(15)12-9;1-5(2,3)4/h2-6H,1H3,(H2,12,13,14,15);. The molecule has 1 aromatic heterocycles. The van der Waals surface area contributed by atoms with Gasteiger partial charge in [-0.2, -0.15) is 0 Å². The number of nitrogens with one attached hydrogen (secondary N) is 2. The van der Waals surface area contributed by atoms with E-state index in [2.05, 4.69) is 43.7 Å². The van der Waals surface area contributed by atoms with E-state index in [1.165, 1.54) is 6.07 Å². The Morgan fingerprint density at radius 1 is 1.00 bits per heavy atom. The zero-order valence-corrected chi connectivity index (χ0v) is 13.4. The molecule has 108 valence electrons. The third-order valence-electron chi connectivity index (χ3n) is 2.12. The molecule has 0 saturated heterocycles. The van der Waals surface area contributed by atoms with E-state index in [9.17, 15) is 14.2 Å². The maximum Gasteiger partial charge on any atom is 0.339 e. The van der Waals surface area contributed by atoms with Gasteiger partial charge in [0.2, 0.25) is 0 Å². The van der Waals surface area contributed by atoms with Gasteiger partial charge >= 0.3 is 10.9 Å². The number of aromatic nitrogens is 2. The molecule has 2 rings (SSSR count). The number of aryl methyl sites for hydroxylation is 1. The summed E-state index contributed by atoms with van der Waals surface area (Å²) in [5.74, 6) is 0. The molecule has 0 fully saturated rings. The molecule has 0 atom stereocenters. The van der Waals surface area contributed by atoms with Gasteiger partial charge in [0.15, 0.2) is 0 Å². The molecule has 1 aromatic carbocycles. The molecular weight excluding hydrogens is 345 g/mol. The number of benzene rings is 1. The van der Waals surface area contributed by atoms with E-state index >= 15 is 0 Å². The predicted octanol–water partition coefficient (Wildman–Crippen LogP) is 3.85. The van der Waals surface area contributed by atoms with Crippen LogP contribution in [0.25, 0.3) is 11.3 Å². The largest absolute Gasteiger partial charge is 0.339 e. The molecule has 0 amide bonds. The second-order valence-corrected chi connectivity index (χ2v) is 10.4. The number of rotatable bonds is 1. The van der Waals surface area contributed by atoms with Crippen molar-refractivity contribution in [2.24, 2.45) is 0 Å². The zero-order valence-electron chi connectivity index (χ0n) is 10.2. The van der Waals surface area contributed by atoms with Crippen LogP contribution in [0.3, 0.4) is 0 Å². The smallest absolute Gasteiger partial charge is 0.307 e. The summed E-state index contributed by atoms with van der Waals surface area (Å²) in [7, 11) is 0. The van der Waals surface area contributed by atoms with Crippen molar-refractivity contribution in [1.82, 2.24) is 9.97 Å². The average Bonchev–Trinajstić information content (AvgIpc) is 2.26. The number of hydrogen-bond acceptors (Lipinski definition) is 3. The maximum atomic E-state index is 11.1. The third-order valence-corrected chi connectivity index (χ3v) is 2.12. The molecule has 0 aliphatic rings. The summed E-state index contributed by atoms with van der Waals surface area (Å²) in [6.07, 6.45) is 0. The zero-order chi connectivity index (χ0) is 15.3. The molecule has 1 heterocycles. The Labute approximate surface area is 128 Å². The van der Waals surface area contributed by atoms with Gasteiger partial charge in [-0.05, 0) is 46.2 Å². The molecular formula is C11H10Cl3N2O3P. The minimum atomic E-state index is -3.22. The highest BCUT2D eigenvalue weighted by atomic mass is 36.0. The van der Waals surface area contributed by atoms with Crippen LogP contribution in [0.2, 0.25) is 0 Å². The van der Waals surface area contributed by atoms with Crippen molar-refractivity contribution in [2.75, 3.05) is 0 Å². The van der Waals surface area contributed by atoms with Gasteiger partial charge in [0, 0.05) is 6.07 Å².